The molecular weight excluding hydrogens is 492 g/mol. The van der Waals surface area contributed by atoms with Gasteiger partial charge in [-0.1, -0.05) is 0 Å². The molecule has 2 amide bonds. The molecule has 3 heterocycles. The van der Waals surface area contributed by atoms with E-state index in [4.69, 9.17) is 4.74 Å². The molecule has 1 N–H and O–H groups in total. The van der Waals surface area contributed by atoms with Crippen LogP contribution in [0, 0.1) is 0 Å². The number of carbonyl (C=O) groups is 2. The molecule has 0 saturated carbocycles. The standard InChI is InChI=1S/C20H21F6N3O4S/c1-27-17(30)14-13(5-8-33-20(24,25)26)34-16-12(19(21,22)23)9-11(28-15(14)16)10-32-18(31)29-6-3-2-4-7-29/h9H,2-8,10H2,1H3,(H,27,30). The maximum absolute atomic E-state index is 13.8. The van der Waals surface area contributed by atoms with Crippen LogP contribution < -0.4 is 5.32 Å². The van der Waals surface area contributed by atoms with Crippen LogP contribution in [-0.2, 0) is 28.7 Å². The van der Waals surface area contributed by atoms with Gasteiger partial charge in [0, 0.05) is 31.4 Å². The number of rotatable bonds is 6. The van der Waals surface area contributed by atoms with Crippen LogP contribution in [0.2, 0.25) is 0 Å². The summed E-state index contributed by atoms with van der Waals surface area (Å²) in [6.45, 7) is -0.493. The summed E-state index contributed by atoms with van der Waals surface area (Å²) < 4.78 is 86.9. The lowest BCUT2D eigenvalue weighted by molar-refractivity contribution is -0.324. The highest BCUT2D eigenvalue weighted by molar-refractivity contribution is 7.19. The number of nitrogens with zero attached hydrogens (tertiary/aromatic N) is 2. The predicted octanol–water partition coefficient (Wildman–Crippen LogP) is 4.88. The Bertz CT molecular complexity index is 1050. The first-order valence-electron chi connectivity index (χ1n) is 10.3. The summed E-state index contributed by atoms with van der Waals surface area (Å²) in [6.07, 6.45) is -8.36. The normalized spacial score (nSPS) is 15.0. The second-order valence-corrected chi connectivity index (χ2v) is 8.57. The summed E-state index contributed by atoms with van der Waals surface area (Å²) in [4.78, 5) is 30.2. The Hall–Kier alpha value is -2.61. The molecule has 0 bridgehead atoms. The minimum atomic E-state index is -4.93. The Morgan fingerprint density at radius 2 is 1.82 bits per heavy atom. The summed E-state index contributed by atoms with van der Waals surface area (Å²) in [5.41, 5.74) is -1.97. The Kier molecular flexibility index (Phi) is 7.91. The van der Waals surface area contributed by atoms with Gasteiger partial charge < -0.3 is 15.0 Å². The van der Waals surface area contributed by atoms with E-state index in [0.29, 0.717) is 30.5 Å². The Morgan fingerprint density at radius 3 is 2.41 bits per heavy atom. The summed E-state index contributed by atoms with van der Waals surface area (Å²) in [7, 11) is 1.23. The number of pyridine rings is 1. The van der Waals surface area contributed by atoms with Gasteiger partial charge in [-0.25, -0.2) is 9.78 Å². The van der Waals surface area contributed by atoms with Gasteiger partial charge in [-0.2, -0.15) is 13.2 Å². The third kappa shape index (κ3) is 6.29. The van der Waals surface area contributed by atoms with Crippen LogP contribution in [0.25, 0.3) is 10.2 Å². The summed E-state index contributed by atoms with van der Waals surface area (Å²) in [5, 5.41) is 2.27. The number of thiophene rings is 1. The van der Waals surface area contributed by atoms with Crippen molar-refractivity contribution in [3.63, 3.8) is 0 Å². The fourth-order valence-corrected chi connectivity index (χ4v) is 4.80. The molecule has 1 aliphatic rings. The predicted molar refractivity (Wildman–Crippen MR) is 109 cm³/mol. The van der Waals surface area contributed by atoms with E-state index in [-0.39, 0.29) is 21.7 Å². The summed E-state index contributed by atoms with van der Waals surface area (Å²) in [6, 6.07) is 0.714. The smallest absolute Gasteiger partial charge is 0.443 e. The number of aromatic nitrogens is 1. The van der Waals surface area contributed by atoms with Gasteiger partial charge in [0.25, 0.3) is 5.91 Å². The molecule has 3 rings (SSSR count). The molecule has 0 aliphatic carbocycles. The van der Waals surface area contributed by atoms with Gasteiger partial charge in [0.1, 0.15) is 6.61 Å². The van der Waals surface area contributed by atoms with E-state index in [1.54, 1.807) is 0 Å². The molecule has 188 valence electrons. The van der Waals surface area contributed by atoms with E-state index in [2.05, 4.69) is 15.0 Å². The zero-order valence-electron chi connectivity index (χ0n) is 17.9. The molecule has 1 aliphatic heterocycles. The number of hydrogen-bond acceptors (Lipinski definition) is 6. The van der Waals surface area contributed by atoms with Crippen molar-refractivity contribution >= 4 is 33.6 Å². The lowest BCUT2D eigenvalue weighted by Gasteiger charge is -2.25. The SMILES string of the molecule is CNC(=O)c1c(CCOC(F)(F)F)sc2c(C(F)(F)F)cc(COC(=O)N3CCCCC3)nc12. The minimum Gasteiger partial charge on any atom is -0.443 e. The van der Waals surface area contributed by atoms with E-state index in [1.165, 1.54) is 11.9 Å². The van der Waals surface area contributed by atoms with Crippen LogP contribution in [0.5, 0.6) is 0 Å². The molecule has 1 saturated heterocycles. The lowest BCUT2D eigenvalue weighted by atomic mass is 10.1. The van der Waals surface area contributed by atoms with E-state index in [0.717, 1.165) is 19.3 Å². The first-order chi connectivity index (χ1) is 15.9. The molecule has 0 unspecified atom stereocenters. The topological polar surface area (TPSA) is 80.8 Å². The number of carbonyl (C=O) groups excluding carboxylic acids is 2. The summed E-state index contributed by atoms with van der Waals surface area (Å²) >= 11 is 0.521. The van der Waals surface area contributed by atoms with E-state index >= 15 is 0 Å². The van der Waals surface area contributed by atoms with Crippen molar-refractivity contribution in [1.82, 2.24) is 15.2 Å². The number of amides is 2. The Labute approximate surface area is 194 Å². The summed E-state index contributed by atoms with van der Waals surface area (Å²) in [5.74, 6) is -0.809. The molecule has 0 aromatic carbocycles. The first-order valence-corrected chi connectivity index (χ1v) is 11.1. The van der Waals surface area contributed by atoms with Crippen molar-refractivity contribution in [2.75, 3.05) is 26.7 Å². The second kappa shape index (κ2) is 10.3. The van der Waals surface area contributed by atoms with E-state index < -0.39 is 54.4 Å². The number of likely N-dealkylation sites (tertiary alicyclic amines) is 1. The molecule has 0 atom stereocenters. The highest BCUT2D eigenvalue weighted by atomic mass is 32.1. The van der Waals surface area contributed by atoms with Crippen molar-refractivity contribution in [3.8, 4) is 0 Å². The number of fused-ring (bicyclic) bond motifs is 1. The molecule has 2 aromatic rings. The maximum atomic E-state index is 13.8. The van der Waals surface area contributed by atoms with Gasteiger partial charge >= 0.3 is 18.6 Å². The fourth-order valence-electron chi connectivity index (χ4n) is 3.55. The molecule has 34 heavy (non-hydrogen) atoms. The number of piperidine rings is 1. The molecule has 0 spiro atoms. The van der Waals surface area contributed by atoms with E-state index in [1.807, 2.05) is 0 Å². The van der Waals surface area contributed by atoms with Crippen LogP contribution in [0.3, 0.4) is 0 Å². The fraction of sp³-hybridized carbons (Fsp3) is 0.550. The van der Waals surface area contributed by atoms with Gasteiger partial charge in [0.15, 0.2) is 0 Å². The maximum Gasteiger partial charge on any atom is 0.522 e. The average Bonchev–Trinajstić information content (AvgIpc) is 3.13. The van der Waals surface area contributed by atoms with Crippen LogP contribution in [0.15, 0.2) is 6.07 Å². The molecular formula is C20H21F6N3O4S. The molecule has 2 aromatic heterocycles. The van der Waals surface area contributed by atoms with E-state index in [9.17, 15) is 35.9 Å². The minimum absolute atomic E-state index is 0.0425. The monoisotopic (exact) mass is 513 g/mol. The largest absolute Gasteiger partial charge is 0.522 e. The van der Waals surface area contributed by atoms with Gasteiger partial charge in [-0.05, 0) is 25.3 Å². The second-order valence-electron chi connectivity index (χ2n) is 7.46. The number of ether oxygens (including phenoxy) is 2. The van der Waals surface area contributed by atoms with Crippen LogP contribution >= 0.6 is 11.3 Å². The van der Waals surface area contributed by atoms with Gasteiger partial charge in [-0.15, -0.1) is 24.5 Å². The van der Waals surface area contributed by atoms with Gasteiger partial charge in [0.2, 0.25) is 0 Å². The third-order valence-corrected chi connectivity index (χ3v) is 6.35. The lowest BCUT2D eigenvalue weighted by Crippen LogP contribution is -2.36. The molecule has 7 nitrogen and oxygen atoms in total. The number of hydrogen-bond donors (Lipinski definition) is 1. The first kappa shape index (κ1) is 26.0. The number of alkyl halides is 6. The van der Waals surface area contributed by atoms with Crippen LogP contribution in [0.1, 0.15) is 45.8 Å². The average molecular weight is 513 g/mol. The van der Waals surface area contributed by atoms with Crippen LogP contribution in [0.4, 0.5) is 31.1 Å². The zero-order valence-corrected chi connectivity index (χ0v) is 18.8. The van der Waals surface area contributed by atoms with Crippen molar-refractivity contribution in [1.29, 1.82) is 0 Å². The molecule has 0 radical (unpaired) electrons. The van der Waals surface area contributed by atoms with Crippen molar-refractivity contribution in [3.05, 3.63) is 27.8 Å². The quantitative estimate of drug-likeness (QED) is 0.558. The van der Waals surface area contributed by atoms with Gasteiger partial charge in [-0.3, -0.25) is 9.53 Å². The van der Waals surface area contributed by atoms with Gasteiger partial charge in [0.05, 0.1) is 33.6 Å². The zero-order chi connectivity index (χ0) is 25.1. The molecule has 14 heteroatoms. The van der Waals surface area contributed by atoms with Crippen molar-refractivity contribution in [2.45, 2.75) is 44.8 Å². The van der Waals surface area contributed by atoms with Crippen molar-refractivity contribution < 1.29 is 45.4 Å². The number of nitrogens with one attached hydrogen (secondary N) is 1. The van der Waals surface area contributed by atoms with Crippen LogP contribution in [-0.4, -0.2) is 55.0 Å². The van der Waals surface area contributed by atoms with Crippen molar-refractivity contribution in [2.24, 2.45) is 0 Å². The highest BCUT2D eigenvalue weighted by Crippen LogP contribution is 2.41. The molecule has 1 fully saturated rings. The Balaban J connectivity index is 1.97. The third-order valence-electron chi connectivity index (χ3n) is 5.08. The Morgan fingerprint density at radius 1 is 1.15 bits per heavy atom. The number of halogens is 6. The highest BCUT2D eigenvalue weighted by Gasteiger charge is 2.36.